The maximum absolute atomic E-state index is 5.99. The predicted octanol–water partition coefficient (Wildman–Crippen LogP) is 1.80. The Morgan fingerprint density at radius 3 is 2.75 bits per heavy atom. The Bertz CT molecular complexity index is 801. The lowest BCUT2D eigenvalue weighted by Gasteiger charge is -2.20. The van der Waals surface area contributed by atoms with Crippen LogP contribution in [0, 0.1) is 5.92 Å². The first-order valence-electron chi connectivity index (χ1n) is 9.51. The predicted molar refractivity (Wildman–Crippen MR) is 109 cm³/mol. The maximum atomic E-state index is 5.99. The van der Waals surface area contributed by atoms with E-state index >= 15 is 0 Å². The van der Waals surface area contributed by atoms with Gasteiger partial charge in [0, 0.05) is 12.7 Å². The standard InChI is InChI=1S/C19H25N5O3S/c1-11(2)8-21-19(28)24-14-10-27-16-13(9-26-17(14)16)23-18-20-6-5-12(22-18)15-4-3-7-25-15/h3-7,11,13-14,16-17H,8-10H2,1-2H3,(H,20,22,23)(H2,21,24,28)/t13-,14-,16+,17+/m0/s1. The van der Waals surface area contributed by atoms with Crippen LogP contribution in [0.1, 0.15) is 13.8 Å². The summed E-state index contributed by atoms with van der Waals surface area (Å²) in [7, 11) is 0. The van der Waals surface area contributed by atoms with Crippen LogP contribution in [-0.2, 0) is 9.47 Å². The van der Waals surface area contributed by atoms with E-state index in [-0.39, 0.29) is 24.3 Å². The third-order valence-electron chi connectivity index (χ3n) is 4.78. The molecule has 2 fully saturated rings. The minimum Gasteiger partial charge on any atom is -0.463 e. The molecule has 2 aromatic rings. The molecule has 2 aromatic heterocycles. The highest BCUT2D eigenvalue weighted by atomic mass is 32.1. The third-order valence-corrected chi connectivity index (χ3v) is 5.05. The number of aromatic nitrogens is 2. The van der Waals surface area contributed by atoms with Crippen molar-refractivity contribution < 1.29 is 13.9 Å². The smallest absolute Gasteiger partial charge is 0.223 e. The van der Waals surface area contributed by atoms with Crippen molar-refractivity contribution in [3.05, 3.63) is 30.7 Å². The lowest BCUT2D eigenvalue weighted by atomic mass is 10.1. The highest BCUT2D eigenvalue weighted by Crippen LogP contribution is 2.29. The van der Waals surface area contributed by atoms with Crippen LogP contribution in [0.5, 0.6) is 0 Å². The first kappa shape index (κ1) is 19.1. The van der Waals surface area contributed by atoms with E-state index < -0.39 is 0 Å². The summed E-state index contributed by atoms with van der Waals surface area (Å²) in [5.74, 6) is 1.76. The van der Waals surface area contributed by atoms with Crippen LogP contribution in [0.15, 0.2) is 35.1 Å². The Balaban J connectivity index is 1.35. The molecule has 0 aromatic carbocycles. The topological polar surface area (TPSA) is 93.5 Å². The number of furan rings is 1. The molecule has 2 aliphatic heterocycles. The van der Waals surface area contributed by atoms with E-state index in [4.69, 9.17) is 26.1 Å². The highest BCUT2D eigenvalue weighted by Gasteiger charge is 2.48. The van der Waals surface area contributed by atoms with Gasteiger partial charge in [-0.3, -0.25) is 0 Å². The van der Waals surface area contributed by atoms with Crippen LogP contribution in [0.2, 0.25) is 0 Å². The van der Waals surface area contributed by atoms with Crippen LogP contribution < -0.4 is 16.0 Å². The van der Waals surface area contributed by atoms with E-state index in [0.717, 1.165) is 12.2 Å². The molecule has 0 aliphatic carbocycles. The minimum atomic E-state index is -0.0822. The molecule has 28 heavy (non-hydrogen) atoms. The zero-order valence-electron chi connectivity index (χ0n) is 15.9. The molecule has 0 radical (unpaired) electrons. The van der Waals surface area contributed by atoms with Gasteiger partial charge in [-0.25, -0.2) is 9.97 Å². The molecule has 0 unspecified atom stereocenters. The summed E-state index contributed by atoms with van der Waals surface area (Å²) in [6.07, 6.45) is 3.19. The summed E-state index contributed by atoms with van der Waals surface area (Å²) in [5.41, 5.74) is 0.728. The molecule has 2 saturated heterocycles. The average molecular weight is 404 g/mol. The zero-order valence-corrected chi connectivity index (χ0v) is 16.7. The van der Waals surface area contributed by atoms with Crippen molar-refractivity contribution >= 4 is 23.3 Å². The first-order valence-corrected chi connectivity index (χ1v) is 9.92. The molecule has 4 heterocycles. The Morgan fingerprint density at radius 2 is 2.00 bits per heavy atom. The van der Waals surface area contributed by atoms with Crippen LogP contribution in [0.4, 0.5) is 5.95 Å². The van der Waals surface area contributed by atoms with Crippen LogP contribution in [0.25, 0.3) is 11.5 Å². The molecule has 4 rings (SSSR count). The maximum Gasteiger partial charge on any atom is 0.223 e. The molecule has 8 nitrogen and oxygen atoms in total. The number of anilines is 1. The SMILES string of the molecule is CC(C)CNC(=S)N[C@H]1CO[C@H]2[C@@H]1OC[C@@H]2Nc1nccc(-c2ccco2)n1. The summed E-state index contributed by atoms with van der Waals surface area (Å²) in [5, 5.41) is 10.5. The van der Waals surface area contributed by atoms with E-state index in [2.05, 4.69) is 39.8 Å². The lowest BCUT2D eigenvalue weighted by molar-refractivity contribution is 0.0688. The second-order valence-corrected chi connectivity index (χ2v) is 7.85. The summed E-state index contributed by atoms with van der Waals surface area (Å²) in [6, 6.07) is 5.52. The monoisotopic (exact) mass is 403 g/mol. The number of fused-ring (bicyclic) bond motifs is 1. The molecule has 0 spiro atoms. The number of hydrogen-bond acceptors (Lipinski definition) is 7. The largest absolute Gasteiger partial charge is 0.463 e. The van der Waals surface area contributed by atoms with Crippen molar-refractivity contribution in [2.24, 2.45) is 5.92 Å². The van der Waals surface area contributed by atoms with Crippen molar-refractivity contribution in [2.75, 3.05) is 25.1 Å². The van der Waals surface area contributed by atoms with Crippen molar-refractivity contribution in [1.82, 2.24) is 20.6 Å². The Kier molecular flexibility index (Phi) is 5.74. The second-order valence-electron chi connectivity index (χ2n) is 7.44. The molecular formula is C19H25N5O3S. The van der Waals surface area contributed by atoms with Crippen molar-refractivity contribution in [3.63, 3.8) is 0 Å². The van der Waals surface area contributed by atoms with Gasteiger partial charge in [-0.2, -0.15) is 0 Å². The second kappa shape index (κ2) is 8.42. The van der Waals surface area contributed by atoms with Gasteiger partial charge >= 0.3 is 0 Å². The number of nitrogens with zero attached hydrogens (tertiary/aromatic N) is 2. The van der Waals surface area contributed by atoms with Gasteiger partial charge in [0.05, 0.1) is 31.6 Å². The van der Waals surface area contributed by atoms with Crippen molar-refractivity contribution in [2.45, 2.75) is 38.1 Å². The fraction of sp³-hybridized carbons (Fsp3) is 0.526. The van der Waals surface area contributed by atoms with E-state index in [1.807, 2.05) is 18.2 Å². The van der Waals surface area contributed by atoms with E-state index in [1.54, 1.807) is 12.5 Å². The number of thiocarbonyl (C=S) groups is 1. The Hall–Kier alpha value is -2.23. The third kappa shape index (κ3) is 4.26. The van der Waals surface area contributed by atoms with Gasteiger partial charge in [0.25, 0.3) is 0 Å². The lowest BCUT2D eigenvalue weighted by Crippen LogP contribution is -2.49. The van der Waals surface area contributed by atoms with Gasteiger partial charge in [0.2, 0.25) is 5.95 Å². The van der Waals surface area contributed by atoms with E-state index in [0.29, 0.717) is 36.0 Å². The molecule has 0 amide bonds. The molecular weight excluding hydrogens is 378 g/mol. The summed E-state index contributed by atoms with van der Waals surface area (Å²) in [4.78, 5) is 8.84. The Labute approximate surface area is 169 Å². The fourth-order valence-electron chi connectivity index (χ4n) is 3.42. The van der Waals surface area contributed by atoms with Crippen LogP contribution >= 0.6 is 12.2 Å². The number of rotatable bonds is 6. The first-order chi connectivity index (χ1) is 13.6. The molecule has 0 bridgehead atoms. The molecule has 2 aliphatic rings. The van der Waals surface area contributed by atoms with Gasteiger partial charge in [0.15, 0.2) is 10.9 Å². The fourth-order valence-corrected chi connectivity index (χ4v) is 3.65. The summed E-state index contributed by atoms with van der Waals surface area (Å²) >= 11 is 5.38. The Morgan fingerprint density at radius 1 is 1.21 bits per heavy atom. The highest BCUT2D eigenvalue weighted by molar-refractivity contribution is 7.80. The molecule has 4 atom stereocenters. The average Bonchev–Trinajstić information content (AvgIpc) is 3.41. The molecule has 0 saturated carbocycles. The molecule has 9 heteroatoms. The van der Waals surface area contributed by atoms with Gasteiger partial charge in [-0.1, -0.05) is 13.8 Å². The van der Waals surface area contributed by atoms with Gasteiger partial charge in [-0.15, -0.1) is 0 Å². The summed E-state index contributed by atoms with van der Waals surface area (Å²) < 4.78 is 17.4. The zero-order chi connectivity index (χ0) is 19.5. The van der Waals surface area contributed by atoms with E-state index in [1.165, 1.54) is 0 Å². The normalized spacial score (nSPS) is 26.2. The number of nitrogens with one attached hydrogen (secondary N) is 3. The number of hydrogen-bond donors (Lipinski definition) is 3. The minimum absolute atomic E-state index is 0.0270. The van der Waals surface area contributed by atoms with Crippen LogP contribution in [0.3, 0.4) is 0 Å². The molecule has 150 valence electrons. The number of ether oxygens (including phenoxy) is 2. The molecule has 3 N–H and O–H groups in total. The van der Waals surface area contributed by atoms with Crippen molar-refractivity contribution in [3.8, 4) is 11.5 Å². The van der Waals surface area contributed by atoms with Gasteiger partial charge in [0.1, 0.15) is 17.9 Å². The van der Waals surface area contributed by atoms with Crippen LogP contribution in [-0.4, -0.2) is 59.1 Å². The van der Waals surface area contributed by atoms with Crippen molar-refractivity contribution in [1.29, 1.82) is 0 Å². The summed E-state index contributed by atoms with van der Waals surface area (Å²) in [6.45, 7) is 6.19. The van der Waals surface area contributed by atoms with Gasteiger partial charge < -0.3 is 29.8 Å². The van der Waals surface area contributed by atoms with Gasteiger partial charge in [-0.05, 0) is 36.3 Å². The van der Waals surface area contributed by atoms with E-state index in [9.17, 15) is 0 Å². The quantitative estimate of drug-likeness (QED) is 0.624.